The van der Waals surface area contributed by atoms with Crippen LogP contribution in [0.2, 0.25) is 0 Å². The third-order valence-electron chi connectivity index (χ3n) is 2.71. The molecule has 21 heavy (non-hydrogen) atoms. The summed E-state index contributed by atoms with van der Waals surface area (Å²) in [5, 5.41) is 0.827. The van der Waals surface area contributed by atoms with Crippen LogP contribution in [0.3, 0.4) is 0 Å². The molecule has 1 N–H and O–H groups in total. The number of hydrogen-bond donors (Lipinski definition) is 1. The van der Waals surface area contributed by atoms with Crippen LogP contribution in [0.25, 0.3) is 24.0 Å². The number of hydrogen-bond acceptors (Lipinski definition) is 3. The van der Waals surface area contributed by atoms with Crippen LogP contribution in [0.15, 0.2) is 46.9 Å². The van der Waals surface area contributed by atoms with Crippen LogP contribution in [0.1, 0.15) is 5.76 Å². The molecule has 0 saturated heterocycles. The van der Waals surface area contributed by atoms with Crippen LogP contribution in [-0.2, 0) is 32.7 Å². The molecule has 3 rings (SSSR count). The molecule has 3 aromatic rings. The van der Waals surface area contributed by atoms with Crippen LogP contribution in [0.5, 0.6) is 0 Å². The minimum atomic E-state index is 0. The Morgan fingerprint density at radius 1 is 1.14 bits per heavy atom. The minimum absolute atomic E-state index is 0. The van der Waals surface area contributed by atoms with E-state index in [1.54, 1.807) is 0 Å². The number of nitrogens with one attached hydrogen (secondary N) is 1. The molecule has 5 heteroatoms. The van der Waals surface area contributed by atoms with Gasteiger partial charge in [0.05, 0.1) is 9.88 Å². The molecule has 0 aliphatic heterocycles. The Kier molecular flexibility index (Phi) is 6.94. The van der Waals surface area contributed by atoms with Crippen molar-refractivity contribution in [3.05, 3.63) is 69.5 Å². The fourth-order valence-electron chi connectivity index (χ4n) is 1.81. The van der Waals surface area contributed by atoms with E-state index in [1.165, 1.54) is 11.3 Å². The molecule has 1 radical (unpaired) electrons. The van der Waals surface area contributed by atoms with E-state index in [1.807, 2.05) is 48.5 Å². The smallest absolute Gasteiger partial charge is 0.159 e. The molecule has 2 nitrogen and oxygen atoms in total. The molecular weight excluding hydrogens is 375 g/mol. The predicted octanol–water partition coefficient (Wildman–Crippen LogP) is 3.75. The van der Waals surface area contributed by atoms with E-state index in [9.17, 15) is 0 Å². The molecule has 1 aromatic carbocycles. The zero-order valence-electron chi connectivity index (χ0n) is 11.6. The van der Waals surface area contributed by atoms with Gasteiger partial charge < -0.3 is 16.8 Å². The maximum Gasteiger partial charge on any atom is 0.159 e. The van der Waals surface area contributed by atoms with Crippen LogP contribution < -0.4 is 9.88 Å². The molecule has 0 atom stereocenters. The summed E-state index contributed by atoms with van der Waals surface area (Å²) in [7, 11) is 0. The normalized spacial score (nSPS) is 10.8. The minimum Gasteiger partial charge on any atom is -0.457 e. The standard InChI is InChI=1S/C15H11NOS2.CH3.Y/c1-10-14(19-15(18)16-10)9-12-7-8-13(17-12)11-5-3-2-4-6-11;;/h2-9H,1H2,(H,16,18);1H3;/q;-1;/b14-9-;;. The van der Waals surface area contributed by atoms with Gasteiger partial charge in [-0.15, -0.1) is 11.3 Å². The summed E-state index contributed by atoms with van der Waals surface area (Å²) in [5.74, 6) is 1.66. The molecule has 2 aromatic heterocycles. The second-order valence-electron chi connectivity index (χ2n) is 4.07. The van der Waals surface area contributed by atoms with Crippen LogP contribution in [-0.4, -0.2) is 4.98 Å². The van der Waals surface area contributed by atoms with Crippen molar-refractivity contribution in [2.45, 2.75) is 0 Å². The van der Waals surface area contributed by atoms with E-state index < -0.39 is 0 Å². The first-order chi connectivity index (χ1) is 9.22. The number of furan rings is 1. The zero-order chi connectivity index (χ0) is 13.2. The summed E-state index contributed by atoms with van der Waals surface area (Å²) >= 11 is 6.59. The molecule has 2 heterocycles. The molecule has 0 amide bonds. The Labute approximate surface area is 158 Å². The Morgan fingerprint density at radius 2 is 1.86 bits per heavy atom. The number of aromatic amines is 1. The van der Waals surface area contributed by atoms with Crippen LogP contribution >= 0.6 is 23.6 Å². The fourth-order valence-corrected chi connectivity index (χ4v) is 2.92. The number of H-pyrrole nitrogens is 1. The second-order valence-corrected chi connectivity index (χ2v) is 5.79. The Bertz CT molecular complexity index is 862. The van der Waals surface area contributed by atoms with Crippen molar-refractivity contribution in [1.82, 2.24) is 4.98 Å². The van der Waals surface area contributed by atoms with Gasteiger partial charge in [-0.2, -0.15) is 0 Å². The first kappa shape index (κ1) is 18.2. The average Bonchev–Trinajstić information content (AvgIpc) is 2.99. The van der Waals surface area contributed by atoms with Crippen LogP contribution in [0.4, 0.5) is 0 Å². The summed E-state index contributed by atoms with van der Waals surface area (Å²) in [6.45, 7) is 3.92. The second kappa shape index (κ2) is 7.99. The van der Waals surface area contributed by atoms with Crippen molar-refractivity contribution < 1.29 is 37.1 Å². The molecular formula is C16H14NOS2Y-. The number of rotatable bonds is 2. The SMILES string of the molecule is C=c1[nH]c(=S)s/c1=C\c1ccc(-c2ccccc2)o1.[CH3-].[Y]. The Hall–Kier alpha value is -0.806. The van der Waals surface area contributed by atoms with E-state index >= 15 is 0 Å². The van der Waals surface area contributed by atoms with Crippen molar-refractivity contribution in [1.29, 1.82) is 0 Å². The molecule has 0 aliphatic rings. The number of benzene rings is 1. The van der Waals surface area contributed by atoms with Gasteiger partial charge in [0.2, 0.25) is 0 Å². The van der Waals surface area contributed by atoms with Crippen molar-refractivity contribution >= 4 is 36.2 Å². The molecule has 0 fully saturated rings. The largest absolute Gasteiger partial charge is 0.457 e. The van der Waals surface area contributed by atoms with E-state index in [-0.39, 0.29) is 40.1 Å². The molecule has 0 bridgehead atoms. The third-order valence-corrected chi connectivity index (χ3v) is 3.94. The van der Waals surface area contributed by atoms with Gasteiger partial charge in [-0.3, -0.25) is 0 Å². The third kappa shape index (κ3) is 4.33. The first-order valence-corrected chi connectivity index (χ1v) is 7.00. The van der Waals surface area contributed by atoms with Gasteiger partial charge in [-0.05, 0) is 24.4 Å². The Morgan fingerprint density at radius 3 is 2.48 bits per heavy atom. The topological polar surface area (TPSA) is 28.9 Å². The predicted molar refractivity (Wildman–Crippen MR) is 88.4 cm³/mol. The van der Waals surface area contributed by atoms with Crippen molar-refractivity contribution in [2.24, 2.45) is 0 Å². The molecule has 0 saturated carbocycles. The van der Waals surface area contributed by atoms with Gasteiger partial charge in [0.15, 0.2) is 3.95 Å². The Balaban J connectivity index is 0.00000110. The first-order valence-electron chi connectivity index (χ1n) is 5.77. The number of aromatic nitrogens is 1. The van der Waals surface area contributed by atoms with Crippen molar-refractivity contribution in [3.63, 3.8) is 0 Å². The van der Waals surface area contributed by atoms with Gasteiger partial charge in [0, 0.05) is 44.3 Å². The van der Waals surface area contributed by atoms with Gasteiger partial charge in [0.1, 0.15) is 11.5 Å². The van der Waals surface area contributed by atoms with Gasteiger partial charge in [-0.25, -0.2) is 0 Å². The summed E-state index contributed by atoms with van der Waals surface area (Å²) < 4.78 is 7.54. The summed E-state index contributed by atoms with van der Waals surface area (Å²) in [4.78, 5) is 3.02. The molecule has 0 aliphatic carbocycles. The maximum atomic E-state index is 5.81. The summed E-state index contributed by atoms with van der Waals surface area (Å²) in [6.07, 6.45) is 1.95. The monoisotopic (exact) mass is 389 g/mol. The van der Waals surface area contributed by atoms with Crippen LogP contribution in [0, 0.1) is 11.4 Å². The van der Waals surface area contributed by atoms with E-state index in [2.05, 4.69) is 11.6 Å². The maximum absolute atomic E-state index is 5.81. The van der Waals surface area contributed by atoms with Crippen molar-refractivity contribution in [2.75, 3.05) is 0 Å². The van der Waals surface area contributed by atoms with Gasteiger partial charge >= 0.3 is 0 Å². The molecule has 0 spiro atoms. The summed E-state index contributed by atoms with van der Waals surface area (Å²) in [6, 6.07) is 13.9. The summed E-state index contributed by atoms with van der Waals surface area (Å²) in [5.41, 5.74) is 1.07. The van der Waals surface area contributed by atoms with E-state index in [4.69, 9.17) is 16.6 Å². The zero-order valence-corrected chi connectivity index (χ0v) is 16.1. The molecule has 105 valence electrons. The number of thiazole rings is 1. The van der Waals surface area contributed by atoms with Gasteiger partial charge in [-0.1, -0.05) is 36.9 Å². The average molecular weight is 389 g/mol. The van der Waals surface area contributed by atoms with Crippen molar-refractivity contribution in [3.8, 4) is 11.3 Å². The van der Waals surface area contributed by atoms with E-state index in [0.29, 0.717) is 0 Å². The quantitative estimate of drug-likeness (QED) is 0.534. The van der Waals surface area contributed by atoms with E-state index in [0.717, 1.165) is 30.9 Å². The molecule has 0 unspecified atom stereocenters. The van der Waals surface area contributed by atoms with Gasteiger partial charge in [0.25, 0.3) is 0 Å². The fraction of sp³-hybridized carbons (Fsp3) is 0.